The number of rotatable bonds is 18. The van der Waals surface area contributed by atoms with Gasteiger partial charge in [-0.05, 0) is 91.7 Å². The molecule has 0 radical (unpaired) electrons. The molecule has 0 saturated carbocycles. The first-order chi connectivity index (χ1) is 32.9. The standard InChI is InChI=1S/C49H55F2N8O8S/c1-4-45(34(2)60)59-47(62)58(32-53-59)41-13-11-39(12-14-41)54-20-22-55(23-21-54)40-15-17-42(18-16-40)64-27-37-25-49(66-28-37,43-19-10-38(50)24-44(43)51)30-57-33-56(31-52-57)35(3)67-48(63)68-29-46(61)65-26-36-8-6-5-7-9-36/h5-19,24,31-35,37,45,60H,4,20-23,25-30H2,1-3H3/q+1/t34-,35?,37+,45-,49-/m0/s1. The molecule has 4 aromatic carbocycles. The second kappa shape index (κ2) is 21.6. The van der Waals surface area contributed by atoms with E-state index in [1.165, 1.54) is 34.0 Å². The van der Waals surface area contributed by atoms with E-state index < -0.39 is 46.9 Å². The third-order valence-corrected chi connectivity index (χ3v) is 13.0. The molecular formula is C49H55F2N8O8S+. The van der Waals surface area contributed by atoms with E-state index in [2.05, 4.69) is 20.0 Å². The van der Waals surface area contributed by atoms with Crippen molar-refractivity contribution < 1.29 is 47.0 Å². The van der Waals surface area contributed by atoms with Crippen molar-refractivity contribution >= 4 is 34.4 Å². The molecule has 16 nitrogen and oxygen atoms in total. The fraction of sp³-hybridized carbons (Fsp3) is 0.388. The molecule has 2 aliphatic rings. The lowest BCUT2D eigenvalue weighted by Crippen LogP contribution is -2.46. The second-order valence-corrected chi connectivity index (χ2v) is 17.9. The molecule has 2 saturated heterocycles. The Bertz CT molecular complexity index is 2690. The highest BCUT2D eigenvalue weighted by Gasteiger charge is 2.46. The van der Waals surface area contributed by atoms with Gasteiger partial charge in [0.2, 0.25) is 12.6 Å². The van der Waals surface area contributed by atoms with E-state index in [1.807, 2.05) is 85.8 Å². The number of hydrogen-bond acceptors (Lipinski definition) is 13. The number of carbonyl (C=O) groups excluding carboxylic acids is 2. The number of benzene rings is 4. The molecule has 2 aliphatic heterocycles. The summed E-state index contributed by atoms with van der Waals surface area (Å²) in [7, 11) is 0. The van der Waals surface area contributed by atoms with Gasteiger partial charge in [-0.1, -0.05) is 43.3 Å². The summed E-state index contributed by atoms with van der Waals surface area (Å²) in [4.78, 5) is 42.5. The van der Waals surface area contributed by atoms with Crippen LogP contribution in [-0.2, 0) is 37.8 Å². The maximum atomic E-state index is 15.5. The summed E-state index contributed by atoms with van der Waals surface area (Å²) in [5.41, 5.74) is 2.37. The van der Waals surface area contributed by atoms with Crippen LogP contribution < -0.4 is 24.8 Å². The number of piperazine rings is 1. The summed E-state index contributed by atoms with van der Waals surface area (Å²) in [5.74, 6) is -1.66. The molecule has 358 valence electrons. The molecule has 0 spiro atoms. The third-order valence-electron chi connectivity index (χ3n) is 12.3. The van der Waals surface area contributed by atoms with Crippen molar-refractivity contribution in [2.75, 3.05) is 54.9 Å². The van der Waals surface area contributed by atoms with Crippen molar-refractivity contribution in [3.8, 4) is 11.4 Å². The van der Waals surface area contributed by atoms with Crippen molar-refractivity contribution in [3.05, 3.63) is 149 Å². The highest BCUT2D eigenvalue weighted by molar-refractivity contribution is 8.13. The van der Waals surface area contributed by atoms with Crippen LogP contribution >= 0.6 is 11.8 Å². The Morgan fingerprint density at radius 2 is 1.60 bits per heavy atom. The molecule has 5 atom stereocenters. The maximum absolute atomic E-state index is 15.5. The lowest BCUT2D eigenvalue weighted by molar-refractivity contribution is -0.753. The van der Waals surface area contributed by atoms with E-state index in [0.717, 1.165) is 49.2 Å². The van der Waals surface area contributed by atoms with E-state index >= 15 is 4.39 Å². The van der Waals surface area contributed by atoms with Crippen LogP contribution in [-0.4, -0.2) is 91.8 Å². The highest BCUT2D eigenvalue weighted by Crippen LogP contribution is 2.42. The van der Waals surface area contributed by atoms with Crippen LogP contribution in [0.1, 0.15) is 57.0 Å². The Morgan fingerprint density at radius 3 is 2.26 bits per heavy atom. The number of thioether (sulfide) groups is 1. The van der Waals surface area contributed by atoms with Crippen molar-refractivity contribution in [1.29, 1.82) is 0 Å². The van der Waals surface area contributed by atoms with Crippen LogP contribution in [0.2, 0.25) is 0 Å². The average molecular weight is 954 g/mol. The summed E-state index contributed by atoms with van der Waals surface area (Å²) < 4.78 is 59.0. The van der Waals surface area contributed by atoms with E-state index in [4.69, 9.17) is 18.9 Å². The number of hydrogen-bond donors (Lipinski definition) is 1. The Labute approximate surface area is 396 Å². The van der Waals surface area contributed by atoms with Crippen LogP contribution in [0.4, 0.5) is 25.0 Å². The number of nitrogens with zero attached hydrogens (tertiary/aromatic N) is 8. The van der Waals surface area contributed by atoms with Gasteiger partial charge < -0.3 is 33.9 Å². The quantitative estimate of drug-likeness (QED) is 0.0727. The van der Waals surface area contributed by atoms with Gasteiger partial charge in [0.25, 0.3) is 6.33 Å². The van der Waals surface area contributed by atoms with Gasteiger partial charge in [-0.2, -0.15) is 9.67 Å². The zero-order chi connectivity index (χ0) is 47.8. The summed E-state index contributed by atoms with van der Waals surface area (Å²) in [6, 6.07) is 28.1. The number of aliphatic hydroxyl groups is 1. The third kappa shape index (κ3) is 11.4. The Kier molecular flexibility index (Phi) is 15.2. The van der Waals surface area contributed by atoms with Crippen LogP contribution in [0, 0.1) is 17.6 Å². The Morgan fingerprint density at radius 1 is 0.926 bits per heavy atom. The summed E-state index contributed by atoms with van der Waals surface area (Å²) in [6.45, 7) is 9.18. The summed E-state index contributed by atoms with van der Waals surface area (Å²) in [5, 5.41) is 18.1. The number of halogens is 2. The number of esters is 1. The topological polar surface area (TPSA) is 159 Å². The lowest BCUT2D eigenvalue weighted by Gasteiger charge is -2.37. The zero-order valence-electron chi connectivity index (χ0n) is 38.1. The number of anilines is 2. The predicted octanol–water partition coefficient (Wildman–Crippen LogP) is 6.60. The SMILES string of the molecule is CC[C@@H]([C@H](C)O)n1ncn(-c2ccc(N3CCN(c4ccc(OC[C@@H]5CO[C@@](Cn6c[n+](C(C)OC(=O)SCC(=O)OCc7ccccc7)cn6)(c6ccc(F)cc6F)C5)cc4)CC3)cc2)c1=O. The minimum absolute atomic E-state index is 0.0772. The van der Waals surface area contributed by atoms with E-state index in [1.54, 1.807) is 29.4 Å². The van der Waals surface area contributed by atoms with Crippen LogP contribution in [0.25, 0.3) is 5.69 Å². The Hall–Kier alpha value is -6.57. The minimum Gasteiger partial charge on any atom is -0.493 e. The number of ether oxygens (including phenoxy) is 4. The molecule has 0 amide bonds. The maximum Gasteiger partial charge on any atom is 0.370 e. The fourth-order valence-corrected chi connectivity index (χ4v) is 9.19. The number of aliphatic hydroxyl groups excluding tert-OH is 1. The monoisotopic (exact) mass is 953 g/mol. The Balaban J connectivity index is 0.822. The molecule has 2 aromatic heterocycles. The van der Waals surface area contributed by atoms with Gasteiger partial charge in [-0.25, -0.2) is 27.6 Å². The van der Waals surface area contributed by atoms with E-state index in [9.17, 15) is 23.9 Å². The van der Waals surface area contributed by atoms with Crippen molar-refractivity contribution in [2.24, 2.45) is 5.92 Å². The predicted molar refractivity (Wildman–Crippen MR) is 250 cm³/mol. The average Bonchev–Trinajstić information content (AvgIpc) is 4.09. The molecule has 8 rings (SSSR count). The summed E-state index contributed by atoms with van der Waals surface area (Å²) >= 11 is 0.689. The first-order valence-electron chi connectivity index (χ1n) is 22.6. The first kappa shape index (κ1) is 47.9. The van der Waals surface area contributed by atoms with Crippen LogP contribution in [0.3, 0.4) is 0 Å². The molecular weight excluding hydrogens is 899 g/mol. The summed E-state index contributed by atoms with van der Waals surface area (Å²) in [6.07, 6.45) is 4.03. The molecule has 0 aliphatic carbocycles. The van der Waals surface area contributed by atoms with Crippen molar-refractivity contribution in [2.45, 2.75) is 70.7 Å². The normalized spacial score (nSPS) is 18.5. The zero-order valence-corrected chi connectivity index (χ0v) is 38.9. The van der Waals surface area contributed by atoms with Gasteiger partial charge in [0.15, 0.2) is 0 Å². The van der Waals surface area contributed by atoms with Gasteiger partial charge >= 0.3 is 17.0 Å². The van der Waals surface area contributed by atoms with Crippen molar-refractivity contribution in [1.82, 2.24) is 24.1 Å². The van der Waals surface area contributed by atoms with E-state index in [-0.39, 0.29) is 42.7 Å². The molecule has 0 bridgehead atoms. The van der Waals surface area contributed by atoms with Gasteiger partial charge in [-0.3, -0.25) is 4.79 Å². The van der Waals surface area contributed by atoms with E-state index in [0.29, 0.717) is 42.6 Å². The highest BCUT2D eigenvalue weighted by atomic mass is 32.2. The van der Waals surface area contributed by atoms with Crippen LogP contribution in [0.15, 0.2) is 121 Å². The fourth-order valence-electron chi connectivity index (χ4n) is 8.67. The van der Waals surface area contributed by atoms with Gasteiger partial charge in [0.05, 0.1) is 31.0 Å². The molecule has 4 heterocycles. The first-order valence-corrected chi connectivity index (χ1v) is 23.6. The van der Waals surface area contributed by atoms with Gasteiger partial charge in [0.1, 0.15) is 48.2 Å². The minimum atomic E-state index is -1.21. The second-order valence-electron chi connectivity index (χ2n) is 17.0. The number of carbonyl (C=O) groups is 2. The molecule has 2 fully saturated rings. The molecule has 1 N–H and O–H groups in total. The van der Waals surface area contributed by atoms with Crippen LogP contribution in [0.5, 0.6) is 5.75 Å². The largest absolute Gasteiger partial charge is 0.493 e. The molecule has 1 unspecified atom stereocenters. The van der Waals surface area contributed by atoms with Crippen molar-refractivity contribution in [3.63, 3.8) is 0 Å². The molecule has 19 heteroatoms. The smallest absolute Gasteiger partial charge is 0.370 e. The lowest BCUT2D eigenvalue weighted by atomic mass is 9.87. The molecule has 68 heavy (non-hydrogen) atoms. The number of aromatic nitrogens is 6. The van der Waals surface area contributed by atoms with Gasteiger partial charge in [0, 0.05) is 67.1 Å². The molecule has 6 aromatic rings. The van der Waals surface area contributed by atoms with Gasteiger partial charge in [-0.15, -0.1) is 4.68 Å².